The Bertz CT molecular complexity index is 878. The minimum atomic E-state index is -0.129. The van der Waals surface area contributed by atoms with Crippen LogP contribution in [0, 0.1) is 0 Å². The summed E-state index contributed by atoms with van der Waals surface area (Å²) in [5.41, 5.74) is 0.943. The molecule has 1 N–H and O–H groups in total. The van der Waals surface area contributed by atoms with Crippen molar-refractivity contribution in [3.05, 3.63) is 70.1 Å². The SMILES string of the molecule is CC(C)c1nc(CO)n(Sc2ccccc2)c1Sc1cc(Cl)cc(Cl)c1. The third-order valence-electron chi connectivity index (χ3n) is 3.57. The van der Waals surface area contributed by atoms with Crippen molar-refractivity contribution in [2.75, 3.05) is 0 Å². The van der Waals surface area contributed by atoms with E-state index < -0.39 is 0 Å². The Hall–Kier alpha value is -1.11. The molecule has 0 spiro atoms. The summed E-state index contributed by atoms with van der Waals surface area (Å²) in [5.74, 6) is 0.841. The third-order valence-corrected chi connectivity index (χ3v) is 6.23. The maximum Gasteiger partial charge on any atom is 0.146 e. The Morgan fingerprint density at radius 1 is 1.04 bits per heavy atom. The van der Waals surface area contributed by atoms with Gasteiger partial charge in [-0.3, -0.25) is 3.97 Å². The van der Waals surface area contributed by atoms with Gasteiger partial charge >= 0.3 is 0 Å². The molecule has 0 aliphatic carbocycles. The van der Waals surface area contributed by atoms with Gasteiger partial charge in [0.15, 0.2) is 0 Å². The number of aromatic nitrogens is 2. The lowest BCUT2D eigenvalue weighted by Gasteiger charge is -2.12. The summed E-state index contributed by atoms with van der Waals surface area (Å²) in [6.45, 7) is 4.06. The van der Waals surface area contributed by atoms with E-state index in [0.29, 0.717) is 15.9 Å². The van der Waals surface area contributed by atoms with Gasteiger partial charge in [0, 0.05) is 19.8 Å². The summed E-state index contributed by atoms with van der Waals surface area (Å²) in [4.78, 5) is 6.67. The molecule has 0 atom stereocenters. The van der Waals surface area contributed by atoms with E-state index in [1.54, 1.807) is 17.8 Å². The van der Waals surface area contributed by atoms with E-state index in [1.165, 1.54) is 11.9 Å². The van der Waals surface area contributed by atoms with Crippen LogP contribution in [0.3, 0.4) is 0 Å². The highest BCUT2D eigenvalue weighted by Gasteiger charge is 2.21. The first-order valence-electron chi connectivity index (χ1n) is 8.07. The lowest BCUT2D eigenvalue weighted by atomic mass is 10.2. The fourth-order valence-electron chi connectivity index (χ4n) is 2.40. The lowest BCUT2D eigenvalue weighted by molar-refractivity contribution is 0.270. The highest BCUT2D eigenvalue weighted by Crippen LogP contribution is 2.40. The van der Waals surface area contributed by atoms with Gasteiger partial charge in [0.25, 0.3) is 0 Å². The zero-order chi connectivity index (χ0) is 18.7. The highest BCUT2D eigenvalue weighted by molar-refractivity contribution is 8.01. The molecule has 0 saturated heterocycles. The molecule has 3 nitrogen and oxygen atoms in total. The monoisotopic (exact) mass is 424 g/mol. The largest absolute Gasteiger partial charge is 0.388 e. The van der Waals surface area contributed by atoms with E-state index in [-0.39, 0.29) is 12.5 Å². The first-order chi connectivity index (χ1) is 12.5. The van der Waals surface area contributed by atoms with E-state index in [1.807, 2.05) is 46.4 Å². The topological polar surface area (TPSA) is 38.1 Å². The molecule has 0 unspecified atom stereocenters. The number of aliphatic hydroxyl groups excluding tert-OH is 1. The fraction of sp³-hybridized carbons (Fsp3) is 0.211. The van der Waals surface area contributed by atoms with Gasteiger partial charge < -0.3 is 5.11 Å². The maximum absolute atomic E-state index is 9.82. The van der Waals surface area contributed by atoms with Gasteiger partial charge in [-0.2, -0.15) is 0 Å². The first-order valence-corrected chi connectivity index (χ1v) is 10.4. The van der Waals surface area contributed by atoms with E-state index in [2.05, 4.69) is 18.8 Å². The molecule has 2 aromatic carbocycles. The molecule has 0 radical (unpaired) electrons. The normalized spacial score (nSPS) is 11.3. The average Bonchev–Trinajstić information content (AvgIpc) is 2.93. The van der Waals surface area contributed by atoms with E-state index >= 15 is 0 Å². The molecule has 26 heavy (non-hydrogen) atoms. The summed E-state index contributed by atoms with van der Waals surface area (Å²) in [6.07, 6.45) is 0. The average molecular weight is 425 g/mol. The number of hydrogen-bond acceptors (Lipinski definition) is 4. The van der Waals surface area contributed by atoms with Gasteiger partial charge in [-0.15, -0.1) is 0 Å². The third kappa shape index (κ3) is 4.59. The van der Waals surface area contributed by atoms with Crippen molar-refractivity contribution in [1.82, 2.24) is 8.96 Å². The molecule has 0 amide bonds. The Morgan fingerprint density at radius 3 is 2.27 bits per heavy atom. The fourth-order valence-corrected chi connectivity index (χ4v) is 5.32. The number of aliphatic hydroxyl groups is 1. The molecule has 3 aromatic rings. The van der Waals surface area contributed by atoms with Gasteiger partial charge in [-0.25, -0.2) is 4.98 Å². The second-order valence-electron chi connectivity index (χ2n) is 5.94. The van der Waals surface area contributed by atoms with E-state index in [9.17, 15) is 5.11 Å². The van der Waals surface area contributed by atoms with Crippen molar-refractivity contribution in [2.45, 2.75) is 41.2 Å². The Kier molecular flexibility index (Phi) is 6.59. The molecule has 1 aromatic heterocycles. The summed E-state index contributed by atoms with van der Waals surface area (Å²) < 4.78 is 1.99. The van der Waals surface area contributed by atoms with Crippen molar-refractivity contribution in [2.24, 2.45) is 0 Å². The van der Waals surface area contributed by atoms with Crippen LogP contribution in [0.25, 0.3) is 0 Å². The van der Waals surface area contributed by atoms with Crippen LogP contribution >= 0.6 is 46.9 Å². The molecule has 7 heteroatoms. The van der Waals surface area contributed by atoms with Crippen molar-refractivity contribution in [3.8, 4) is 0 Å². The Balaban J connectivity index is 2.07. The minimum Gasteiger partial charge on any atom is -0.388 e. The lowest BCUT2D eigenvalue weighted by Crippen LogP contribution is -1.97. The molecule has 0 aliphatic heterocycles. The number of hydrogen-bond donors (Lipinski definition) is 1. The summed E-state index contributed by atoms with van der Waals surface area (Å²) in [5, 5.41) is 12.0. The van der Waals surface area contributed by atoms with Gasteiger partial charge in [-0.1, -0.05) is 67.0 Å². The van der Waals surface area contributed by atoms with Crippen LogP contribution in [0.4, 0.5) is 0 Å². The molecular weight excluding hydrogens is 407 g/mol. The molecule has 136 valence electrons. The zero-order valence-electron chi connectivity index (χ0n) is 14.3. The van der Waals surface area contributed by atoms with E-state index in [4.69, 9.17) is 23.2 Å². The standard InChI is InChI=1S/C19H18Cl2N2OS2/c1-12(2)18-19(25-16-9-13(20)8-14(21)10-16)23(17(11-24)22-18)26-15-6-4-3-5-7-15/h3-10,12,24H,11H2,1-2H3. The second-order valence-corrected chi connectivity index (χ2v) is 8.89. The van der Waals surface area contributed by atoms with Crippen LogP contribution in [0.1, 0.15) is 31.3 Å². The molecule has 0 aliphatic rings. The summed E-state index contributed by atoms with van der Waals surface area (Å²) in [6, 6.07) is 15.5. The molecule has 0 bridgehead atoms. The van der Waals surface area contributed by atoms with Crippen LogP contribution in [0.2, 0.25) is 10.0 Å². The van der Waals surface area contributed by atoms with Crippen molar-refractivity contribution in [1.29, 1.82) is 0 Å². The van der Waals surface area contributed by atoms with Crippen LogP contribution in [0.5, 0.6) is 0 Å². The van der Waals surface area contributed by atoms with Gasteiger partial charge in [-0.05, 0) is 48.2 Å². The molecule has 0 saturated carbocycles. The maximum atomic E-state index is 9.82. The number of rotatable bonds is 6. The van der Waals surface area contributed by atoms with Crippen LogP contribution < -0.4 is 0 Å². The number of nitrogens with zero attached hydrogens (tertiary/aromatic N) is 2. The molecular formula is C19H18Cl2N2OS2. The van der Waals surface area contributed by atoms with Crippen LogP contribution in [-0.2, 0) is 6.61 Å². The smallest absolute Gasteiger partial charge is 0.146 e. The van der Waals surface area contributed by atoms with Crippen molar-refractivity contribution in [3.63, 3.8) is 0 Å². The van der Waals surface area contributed by atoms with Gasteiger partial charge in [0.1, 0.15) is 17.5 Å². The predicted molar refractivity (Wildman–Crippen MR) is 111 cm³/mol. The minimum absolute atomic E-state index is 0.129. The number of halogens is 2. The molecule has 3 rings (SSSR count). The predicted octanol–water partition coefficient (Wildman–Crippen LogP) is 6.51. The van der Waals surface area contributed by atoms with Crippen molar-refractivity contribution >= 4 is 46.9 Å². The number of imidazole rings is 1. The van der Waals surface area contributed by atoms with Crippen LogP contribution in [0.15, 0.2) is 63.3 Å². The van der Waals surface area contributed by atoms with Gasteiger partial charge in [0.2, 0.25) is 0 Å². The number of benzene rings is 2. The second kappa shape index (κ2) is 8.72. The zero-order valence-corrected chi connectivity index (χ0v) is 17.5. The van der Waals surface area contributed by atoms with Gasteiger partial charge in [0.05, 0.1) is 5.69 Å². The summed E-state index contributed by atoms with van der Waals surface area (Å²) in [7, 11) is 0. The highest BCUT2D eigenvalue weighted by atomic mass is 35.5. The Morgan fingerprint density at radius 2 is 1.69 bits per heavy atom. The Labute approximate surface area is 171 Å². The van der Waals surface area contributed by atoms with E-state index in [0.717, 1.165) is 20.5 Å². The first kappa shape index (κ1) is 19.6. The molecule has 0 fully saturated rings. The van der Waals surface area contributed by atoms with Crippen molar-refractivity contribution < 1.29 is 5.11 Å². The quantitative estimate of drug-likeness (QED) is 0.488. The summed E-state index contributed by atoms with van der Waals surface area (Å²) >= 11 is 15.4. The molecule has 1 heterocycles. The van der Waals surface area contributed by atoms with Crippen LogP contribution in [-0.4, -0.2) is 14.1 Å².